The molecular weight excluding hydrogens is 338 g/mol. The average molecular weight is 365 g/mol. The van der Waals surface area contributed by atoms with E-state index in [0.29, 0.717) is 0 Å². The molecule has 2 aromatic heterocycles. The first kappa shape index (κ1) is 17.7. The number of nitrogens with one attached hydrogen (secondary N) is 1. The van der Waals surface area contributed by atoms with Gasteiger partial charge in [-0.15, -0.1) is 0 Å². The predicted molar refractivity (Wildman–Crippen MR) is 110 cm³/mol. The molecule has 27 heavy (non-hydrogen) atoms. The quantitative estimate of drug-likeness (QED) is 0.727. The second-order valence-corrected chi connectivity index (χ2v) is 7.07. The smallest absolute Gasteiger partial charge is 0.152 e. The molecule has 1 fully saturated rings. The number of pyridine rings is 1. The van der Waals surface area contributed by atoms with E-state index in [4.69, 9.17) is 10.5 Å². The normalized spacial score (nSPS) is 15.4. The van der Waals surface area contributed by atoms with Crippen molar-refractivity contribution in [1.29, 1.82) is 0 Å². The molecule has 0 aliphatic carbocycles. The van der Waals surface area contributed by atoms with Gasteiger partial charge in [-0.25, -0.2) is 4.98 Å². The van der Waals surface area contributed by atoms with E-state index in [1.165, 1.54) is 16.6 Å². The molecule has 0 amide bonds. The Balaban J connectivity index is 1.41. The number of aromatic amines is 1. The Labute approximate surface area is 159 Å². The molecule has 1 aliphatic heterocycles. The van der Waals surface area contributed by atoms with Crippen molar-refractivity contribution in [2.75, 3.05) is 43.9 Å². The van der Waals surface area contributed by atoms with Crippen LogP contribution in [-0.2, 0) is 13.0 Å². The van der Waals surface area contributed by atoms with Crippen LogP contribution in [0, 0.1) is 0 Å². The molecule has 1 aromatic carbocycles. The summed E-state index contributed by atoms with van der Waals surface area (Å²) >= 11 is 0. The van der Waals surface area contributed by atoms with Crippen molar-refractivity contribution in [2.45, 2.75) is 19.9 Å². The Hall–Kier alpha value is -2.73. The third kappa shape index (κ3) is 3.57. The third-order valence-corrected chi connectivity index (χ3v) is 5.39. The Morgan fingerprint density at radius 2 is 1.96 bits per heavy atom. The molecule has 3 heterocycles. The monoisotopic (exact) mass is 365 g/mol. The van der Waals surface area contributed by atoms with Crippen molar-refractivity contribution in [3.63, 3.8) is 0 Å². The Morgan fingerprint density at radius 3 is 2.70 bits per heavy atom. The summed E-state index contributed by atoms with van der Waals surface area (Å²) in [5, 5.41) is 1.19. The number of aromatic nitrogens is 2. The number of anilines is 2. The molecule has 3 N–H and O–H groups in total. The maximum absolute atomic E-state index is 6.32. The standard InChI is InChI=1S/C21H27N5O/c1-3-15-6-7-23-21(20(15)22)26-10-8-25(9-11-26)14-17-12-16-13-18(27-2)4-5-19(16)24-17/h4-7,12-13,24H,3,8-11,14,22H2,1-2H3. The van der Waals surface area contributed by atoms with Crippen LogP contribution in [0.4, 0.5) is 11.5 Å². The van der Waals surface area contributed by atoms with Gasteiger partial charge in [-0.05, 0) is 42.3 Å². The molecule has 6 nitrogen and oxygen atoms in total. The van der Waals surface area contributed by atoms with Crippen LogP contribution in [0.1, 0.15) is 18.2 Å². The molecule has 4 rings (SSSR count). The number of hydrogen-bond acceptors (Lipinski definition) is 5. The van der Waals surface area contributed by atoms with E-state index in [1.54, 1.807) is 7.11 Å². The van der Waals surface area contributed by atoms with Gasteiger partial charge in [0.2, 0.25) is 0 Å². The fourth-order valence-corrected chi connectivity index (χ4v) is 3.80. The molecule has 6 heteroatoms. The number of methoxy groups -OCH3 is 1. The van der Waals surface area contributed by atoms with Gasteiger partial charge in [-0.3, -0.25) is 4.90 Å². The van der Waals surface area contributed by atoms with Crippen molar-refractivity contribution >= 4 is 22.4 Å². The highest BCUT2D eigenvalue weighted by atomic mass is 16.5. The topological polar surface area (TPSA) is 70.4 Å². The number of piperazine rings is 1. The number of benzene rings is 1. The van der Waals surface area contributed by atoms with Gasteiger partial charge in [-0.2, -0.15) is 0 Å². The highest BCUT2D eigenvalue weighted by molar-refractivity contribution is 5.81. The van der Waals surface area contributed by atoms with Crippen LogP contribution < -0.4 is 15.4 Å². The fraction of sp³-hybridized carbons (Fsp3) is 0.381. The van der Waals surface area contributed by atoms with Gasteiger partial charge < -0.3 is 20.4 Å². The number of H-pyrrole nitrogens is 1. The number of fused-ring (bicyclic) bond motifs is 1. The van der Waals surface area contributed by atoms with Crippen LogP contribution in [0.15, 0.2) is 36.5 Å². The van der Waals surface area contributed by atoms with Gasteiger partial charge in [0.15, 0.2) is 5.82 Å². The van der Waals surface area contributed by atoms with E-state index in [2.05, 4.69) is 44.9 Å². The summed E-state index contributed by atoms with van der Waals surface area (Å²) in [6.07, 6.45) is 2.81. The van der Waals surface area contributed by atoms with Crippen LogP contribution in [0.3, 0.4) is 0 Å². The molecule has 0 unspecified atom stereocenters. The van der Waals surface area contributed by atoms with Gasteiger partial charge in [0.1, 0.15) is 5.75 Å². The van der Waals surface area contributed by atoms with Gasteiger partial charge >= 0.3 is 0 Å². The summed E-state index contributed by atoms with van der Waals surface area (Å²) in [6, 6.07) is 10.4. The second kappa shape index (κ2) is 7.48. The number of aryl methyl sites for hydroxylation is 1. The minimum Gasteiger partial charge on any atom is -0.497 e. The number of rotatable bonds is 5. The molecule has 1 aliphatic rings. The van der Waals surface area contributed by atoms with E-state index >= 15 is 0 Å². The number of hydrogen-bond donors (Lipinski definition) is 2. The lowest BCUT2D eigenvalue weighted by Crippen LogP contribution is -2.46. The van der Waals surface area contributed by atoms with E-state index in [-0.39, 0.29) is 0 Å². The minimum absolute atomic E-state index is 0.831. The second-order valence-electron chi connectivity index (χ2n) is 7.07. The Bertz CT molecular complexity index is 927. The summed E-state index contributed by atoms with van der Waals surface area (Å²) < 4.78 is 5.32. The first-order chi connectivity index (χ1) is 13.2. The largest absolute Gasteiger partial charge is 0.497 e. The lowest BCUT2D eigenvalue weighted by molar-refractivity contribution is 0.247. The molecule has 3 aromatic rings. The Kier molecular flexibility index (Phi) is 4.90. The van der Waals surface area contributed by atoms with Crippen LogP contribution in [-0.4, -0.2) is 48.2 Å². The zero-order chi connectivity index (χ0) is 18.8. The number of nitrogen functional groups attached to an aromatic ring is 1. The van der Waals surface area contributed by atoms with Gasteiger partial charge in [0.25, 0.3) is 0 Å². The zero-order valence-corrected chi connectivity index (χ0v) is 16.0. The summed E-state index contributed by atoms with van der Waals surface area (Å²) in [7, 11) is 1.70. The van der Waals surface area contributed by atoms with Gasteiger partial charge in [0.05, 0.1) is 12.8 Å². The van der Waals surface area contributed by atoms with E-state index in [1.807, 2.05) is 18.3 Å². The molecular formula is C21H27N5O. The van der Waals surface area contributed by atoms with Crippen LogP contribution >= 0.6 is 0 Å². The van der Waals surface area contributed by atoms with Crippen molar-refractivity contribution in [3.8, 4) is 5.75 Å². The molecule has 0 saturated carbocycles. The average Bonchev–Trinajstić information content (AvgIpc) is 3.10. The van der Waals surface area contributed by atoms with E-state index in [9.17, 15) is 0 Å². The first-order valence-corrected chi connectivity index (χ1v) is 9.54. The third-order valence-electron chi connectivity index (χ3n) is 5.39. The van der Waals surface area contributed by atoms with E-state index in [0.717, 1.165) is 61.9 Å². The fourth-order valence-electron chi connectivity index (χ4n) is 3.80. The molecule has 0 bridgehead atoms. The van der Waals surface area contributed by atoms with Crippen molar-refractivity contribution in [1.82, 2.24) is 14.9 Å². The summed E-state index contributed by atoms with van der Waals surface area (Å²) in [5.74, 6) is 1.83. The molecule has 142 valence electrons. The molecule has 0 spiro atoms. The molecule has 1 saturated heterocycles. The summed E-state index contributed by atoms with van der Waals surface area (Å²) in [4.78, 5) is 12.8. The van der Waals surface area contributed by atoms with E-state index < -0.39 is 0 Å². The lowest BCUT2D eigenvalue weighted by Gasteiger charge is -2.35. The van der Waals surface area contributed by atoms with Crippen molar-refractivity contribution < 1.29 is 4.74 Å². The first-order valence-electron chi connectivity index (χ1n) is 9.54. The summed E-state index contributed by atoms with van der Waals surface area (Å²) in [5.41, 5.74) is 10.7. The SMILES string of the molecule is CCc1ccnc(N2CCN(Cc3cc4cc(OC)ccc4[nH]3)CC2)c1N. The number of nitrogens with zero attached hydrogens (tertiary/aromatic N) is 3. The minimum atomic E-state index is 0.831. The predicted octanol–water partition coefficient (Wildman–Crippen LogP) is 3.04. The zero-order valence-electron chi connectivity index (χ0n) is 16.0. The highest BCUT2D eigenvalue weighted by Gasteiger charge is 2.21. The molecule has 0 atom stereocenters. The maximum atomic E-state index is 6.32. The van der Waals surface area contributed by atoms with Gasteiger partial charge in [0, 0.05) is 55.5 Å². The number of nitrogens with two attached hydrogens (primary N) is 1. The summed E-state index contributed by atoms with van der Waals surface area (Å²) in [6.45, 7) is 6.93. The van der Waals surface area contributed by atoms with Crippen LogP contribution in [0.2, 0.25) is 0 Å². The van der Waals surface area contributed by atoms with Crippen molar-refractivity contribution in [3.05, 3.63) is 47.8 Å². The van der Waals surface area contributed by atoms with Crippen LogP contribution in [0.5, 0.6) is 5.75 Å². The van der Waals surface area contributed by atoms with Crippen LogP contribution in [0.25, 0.3) is 10.9 Å². The highest BCUT2D eigenvalue weighted by Crippen LogP contribution is 2.26. The van der Waals surface area contributed by atoms with Gasteiger partial charge in [-0.1, -0.05) is 6.92 Å². The Morgan fingerprint density at radius 1 is 1.15 bits per heavy atom. The molecule has 0 radical (unpaired) electrons. The number of ether oxygens (including phenoxy) is 1. The lowest BCUT2D eigenvalue weighted by atomic mass is 10.1. The van der Waals surface area contributed by atoms with Crippen molar-refractivity contribution in [2.24, 2.45) is 0 Å². The maximum Gasteiger partial charge on any atom is 0.152 e.